The van der Waals surface area contributed by atoms with Crippen molar-refractivity contribution < 1.29 is 14.2 Å². The Balaban J connectivity index is 1.77. The van der Waals surface area contributed by atoms with Crippen LogP contribution >= 0.6 is 0 Å². The lowest BCUT2D eigenvalue weighted by atomic mass is 9.82. The van der Waals surface area contributed by atoms with Gasteiger partial charge in [0.2, 0.25) is 0 Å². The fourth-order valence-electron chi connectivity index (χ4n) is 3.99. The van der Waals surface area contributed by atoms with Gasteiger partial charge in [-0.3, -0.25) is 5.32 Å². The van der Waals surface area contributed by atoms with Gasteiger partial charge in [0.25, 0.3) is 0 Å². The minimum atomic E-state index is -0.891. The minimum absolute atomic E-state index is 0.244. The highest BCUT2D eigenvalue weighted by Gasteiger charge is 2.26. The Bertz CT molecular complexity index is 730. The Kier molecular flexibility index (Phi) is 7.20. The third kappa shape index (κ3) is 5.06. The topological polar surface area (TPSA) is 109 Å². The van der Waals surface area contributed by atoms with E-state index in [0.29, 0.717) is 32.2 Å². The van der Waals surface area contributed by atoms with Gasteiger partial charge in [0.1, 0.15) is 12.0 Å². The lowest BCUT2D eigenvalue weighted by molar-refractivity contribution is 0.105. The molecule has 2 atom stereocenters. The van der Waals surface area contributed by atoms with Crippen LogP contribution in [0.1, 0.15) is 55.5 Å². The second kappa shape index (κ2) is 9.61. The zero-order chi connectivity index (χ0) is 19.2. The van der Waals surface area contributed by atoms with E-state index in [2.05, 4.69) is 10.3 Å². The number of aromatic nitrogens is 1. The Morgan fingerprint density at radius 1 is 1.30 bits per heavy atom. The van der Waals surface area contributed by atoms with E-state index < -0.39 is 6.23 Å². The van der Waals surface area contributed by atoms with Crippen LogP contribution in [-0.2, 0) is 4.74 Å². The standard InChI is InChI=1S/C20H31FN4O2/c21-14-6-7-17-16(10-14)18(13-4-2-1-3-5-13)19(25-17)20(26)24-11-15(23)12-27-9-8-22/h6-7,10,13,15,20,24-26H,1-5,8-9,11-12,22-23H2/t15-,20?/m1/s1. The summed E-state index contributed by atoms with van der Waals surface area (Å²) in [4.78, 5) is 3.30. The fraction of sp³-hybridized carbons (Fsp3) is 0.600. The molecule has 2 aromatic rings. The Morgan fingerprint density at radius 2 is 2.07 bits per heavy atom. The van der Waals surface area contributed by atoms with Gasteiger partial charge in [-0.05, 0) is 42.5 Å². The normalized spacial score (nSPS) is 18.1. The molecule has 0 radical (unpaired) electrons. The van der Waals surface area contributed by atoms with E-state index in [4.69, 9.17) is 16.2 Å². The second-order valence-electron chi connectivity index (χ2n) is 7.41. The number of halogens is 1. The molecule has 1 aliphatic carbocycles. The van der Waals surface area contributed by atoms with Gasteiger partial charge in [-0.25, -0.2) is 4.39 Å². The average molecular weight is 378 g/mol. The van der Waals surface area contributed by atoms with Crippen LogP contribution in [-0.4, -0.2) is 42.4 Å². The molecule has 0 bridgehead atoms. The van der Waals surface area contributed by atoms with Gasteiger partial charge < -0.3 is 26.3 Å². The summed E-state index contributed by atoms with van der Waals surface area (Å²) in [6, 6.07) is 4.50. The molecule has 7 N–H and O–H groups in total. The van der Waals surface area contributed by atoms with Crippen molar-refractivity contribution in [1.29, 1.82) is 0 Å². The van der Waals surface area contributed by atoms with Gasteiger partial charge in [0, 0.05) is 30.0 Å². The van der Waals surface area contributed by atoms with Crippen molar-refractivity contribution in [1.82, 2.24) is 10.3 Å². The molecule has 1 unspecified atom stereocenters. The number of nitrogens with one attached hydrogen (secondary N) is 2. The summed E-state index contributed by atoms with van der Waals surface area (Å²) in [6.07, 6.45) is 4.81. The van der Waals surface area contributed by atoms with Gasteiger partial charge in [-0.2, -0.15) is 0 Å². The molecule has 1 aromatic carbocycles. The first-order valence-electron chi connectivity index (χ1n) is 9.86. The van der Waals surface area contributed by atoms with Crippen molar-refractivity contribution in [2.75, 3.05) is 26.3 Å². The van der Waals surface area contributed by atoms with Crippen molar-refractivity contribution in [2.24, 2.45) is 11.5 Å². The van der Waals surface area contributed by atoms with Crippen molar-refractivity contribution in [3.8, 4) is 0 Å². The van der Waals surface area contributed by atoms with Gasteiger partial charge in [0.15, 0.2) is 0 Å². The van der Waals surface area contributed by atoms with Crippen LogP contribution in [0, 0.1) is 5.82 Å². The highest BCUT2D eigenvalue weighted by Crippen LogP contribution is 2.40. The number of hydrogen-bond donors (Lipinski definition) is 5. The number of hydrogen-bond acceptors (Lipinski definition) is 5. The largest absolute Gasteiger partial charge is 0.378 e. The van der Waals surface area contributed by atoms with E-state index in [1.54, 1.807) is 12.1 Å². The summed E-state index contributed by atoms with van der Waals surface area (Å²) in [6.45, 7) is 1.71. The predicted octanol–water partition coefficient (Wildman–Crippen LogP) is 2.24. The minimum Gasteiger partial charge on any atom is -0.378 e. The van der Waals surface area contributed by atoms with E-state index in [-0.39, 0.29) is 11.9 Å². The van der Waals surface area contributed by atoms with Crippen LogP contribution in [0.15, 0.2) is 18.2 Å². The number of aliphatic hydroxyl groups is 1. The number of nitrogens with two attached hydrogens (primary N) is 2. The van der Waals surface area contributed by atoms with E-state index in [1.807, 2.05) is 0 Å². The molecule has 0 amide bonds. The maximum absolute atomic E-state index is 13.9. The third-order valence-corrected chi connectivity index (χ3v) is 5.29. The van der Waals surface area contributed by atoms with Gasteiger partial charge in [-0.15, -0.1) is 0 Å². The molecule has 27 heavy (non-hydrogen) atoms. The highest BCUT2D eigenvalue weighted by molar-refractivity contribution is 5.85. The number of benzene rings is 1. The molecular formula is C20H31FN4O2. The molecule has 3 rings (SSSR count). The summed E-state index contributed by atoms with van der Waals surface area (Å²) < 4.78 is 19.2. The lowest BCUT2D eigenvalue weighted by Gasteiger charge is -2.25. The van der Waals surface area contributed by atoms with E-state index in [0.717, 1.165) is 35.0 Å². The van der Waals surface area contributed by atoms with Gasteiger partial charge in [0.05, 0.1) is 18.9 Å². The smallest absolute Gasteiger partial charge is 0.146 e. The number of H-pyrrole nitrogens is 1. The van der Waals surface area contributed by atoms with Gasteiger partial charge >= 0.3 is 0 Å². The maximum Gasteiger partial charge on any atom is 0.146 e. The maximum atomic E-state index is 13.9. The van der Waals surface area contributed by atoms with Crippen molar-refractivity contribution in [3.05, 3.63) is 35.3 Å². The number of ether oxygens (including phenoxy) is 1. The van der Waals surface area contributed by atoms with Crippen molar-refractivity contribution in [3.63, 3.8) is 0 Å². The first-order chi connectivity index (χ1) is 13.1. The Morgan fingerprint density at radius 3 is 2.81 bits per heavy atom. The molecule has 0 aliphatic heterocycles. The quantitative estimate of drug-likeness (QED) is 0.340. The summed E-state index contributed by atoms with van der Waals surface area (Å²) in [7, 11) is 0. The molecule has 1 heterocycles. The number of rotatable bonds is 9. The second-order valence-corrected chi connectivity index (χ2v) is 7.41. The molecule has 1 saturated carbocycles. The molecule has 1 fully saturated rings. The summed E-state index contributed by atoms with van der Waals surface area (Å²) >= 11 is 0. The molecule has 6 nitrogen and oxygen atoms in total. The number of fused-ring (bicyclic) bond motifs is 1. The van der Waals surface area contributed by atoms with Crippen LogP contribution in [0.5, 0.6) is 0 Å². The third-order valence-electron chi connectivity index (χ3n) is 5.29. The molecule has 0 saturated heterocycles. The van der Waals surface area contributed by atoms with Crippen LogP contribution in [0.4, 0.5) is 4.39 Å². The number of aromatic amines is 1. The first-order valence-corrected chi connectivity index (χ1v) is 9.86. The molecular weight excluding hydrogens is 347 g/mol. The van der Waals surface area contributed by atoms with Crippen LogP contribution in [0.2, 0.25) is 0 Å². The predicted molar refractivity (Wildman–Crippen MR) is 105 cm³/mol. The SMILES string of the molecule is NCCOC[C@H](N)CNC(O)c1[nH]c2ccc(F)cc2c1C1CCCCC1. The molecule has 7 heteroatoms. The van der Waals surface area contributed by atoms with Crippen molar-refractivity contribution in [2.45, 2.75) is 50.3 Å². The van der Waals surface area contributed by atoms with Gasteiger partial charge in [-0.1, -0.05) is 19.3 Å². The highest BCUT2D eigenvalue weighted by atomic mass is 19.1. The Labute approximate surface area is 159 Å². The van der Waals surface area contributed by atoms with E-state index in [9.17, 15) is 9.50 Å². The molecule has 1 aliphatic rings. The summed E-state index contributed by atoms with van der Waals surface area (Å²) in [5, 5.41) is 14.7. The van der Waals surface area contributed by atoms with Crippen LogP contribution in [0.3, 0.4) is 0 Å². The monoisotopic (exact) mass is 378 g/mol. The van der Waals surface area contributed by atoms with E-state index >= 15 is 0 Å². The molecule has 150 valence electrons. The molecule has 0 spiro atoms. The fourth-order valence-corrected chi connectivity index (χ4v) is 3.99. The van der Waals surface area contributed by atoms with Crippen LogP contribution in [0.25, 0.3) is 10.9 Å². The summed E-state index contributed by atoms with van der Waals surface area (Å²) in [5.41, 5.74) is 14.0. The lowest BCUT2D eigenvalue weighted by Crippen LogP contribution is -2.39. The average Bonchev–Trinajstić information content (AvgIpc) is 3.05. The zero-order valence-corrected chi connectivity index (χ0v) is 15.7. The van der Waals surface area contributed by atoms with Crippen LogP contribution < -0.4 is 16.8 Å². The molecule has 1 aromatic heterocycles. The zero-order valence-electron chi connectivity index (χ0n) is 15.7. The van der Waals surface area contributed by atoms with E-state index in [1.165, 1.54) is 25.3 Å². The van der Waals surface area contributed by atoms with Crippen molar-refractivity contribution >= 4 is 10.9 Å². The summed E-state index contributed by atoms with van der Waals surface area (Å²) in [5.74, 6) is 0.0777. The Hall–Kier alpha value is -1.51. The first kappa shape index (κ1) is 20.2. The number of aliphatic hydroxyl groups excluding tert-OH is 1.